The van der Waals surface area contributed by atoms with Gasteiger partial charge in [0.15, 0.2) is 0 Å². The molecule has 0 aromatic heterocycles. The van der Waals surface area contributed by atoms with Crippen LogP contribution in [-0.2, 0) is 14.3 Å². The summed E-state index contributed by atoms with van der Waals surface area (Å²) in [7, 11) is 1.30. The van der Waals surface area contributed by atoms with Gasteiger partial charge in [0.05, 0.1) is 19.6 Å². The van der Waals surface area contributed by atoms with Crippen LogP contribution in [0.2, 0.25) is 0 Å². The Kier molecular flexibility index (Phi) is 10.5. The van der Waals surface area contributed by atoms with Crippen LogP contribution in [0.1, 0.15) is 37.0 Å². The number of rotatable bonds is 8. The molecule has 140 valence electrons. The Morgan fingerprint density at radius 2 is 1.76 bits per heavy atom. The second-order valence-electron chi connectivity index (χ2n) is 5.88. The van der Waals surface area contributed by atoms with Crippen LogP contribution in [0.5, 0.6) is 0 Å². The highest BCUT2D eigenvalue weighted by atomic mass is 35.5. The van der Waals surface area contributed by atoms with Crippen LogP contribution in [-0.4, -0.2) is 37.5 Å². The summed E-state index contributed by atoms with van der Waals surface area (Å²) < 4.78 is 4.49. The summed E-state index contributed by atoms with van der Waals surface area (Å²) in [5.41, 5.74) is 6.83. The summed E-state index contributed by atoms with van der Waals surface area (Å²) >= 11 is 0. The number of methoxy groups -OCH3 is 1. The van der Waals surface area contributed by atoms with Crippen LogP contribution < -0.4 is 16.4 Å². The predicted molar refractivity (Wildman–Crippen MR) is 98.7 cm³/mol. The normalized spacial score (nSPS) is 11.2. The van der Waals surface area contributed by atoms with Crippen molar-refractivity contribution in [2.75, 3.05) is 19.0 Å². The molecule has 4 N–H and O–H groups in total. The van der Waals surface area contributed by atoms with Gasteiger partial charge in [0.25, 0.3) is 5.91 Å². The summed E-state index contributed by atoms with van der Waals surface area (Å²) in [5, 5.41) is 5.34. The van der Waals surface area contributed by atoms with Gasteiger partial charge in [0.2, 0.25) is 5.91 Å². The molecule has 2 amide bonds. The van der Waals surface area contributed by atoms with E-state index in [4.69, 9.17) is 5.73 Å². The number of ether oxygens (including phenoxy) is 1. The van der Waals surface area contributed by atoms with Crippen molar-refractivity contribution < 1.29 is 19.1 Å². The largest absolute Gasteiger partial charge is 0.469 e. The van der Waals surface area contributed by atoms with Crippen LogP contribution in [0.3, 0.4) is 0 Å². The molecule has 7 nitrogen and oxygen atoms in total. The average molecular weight is 372 g/mol. The monoisotopic (exact) mass is 371 g/mol. The van der Waals surface area contributed by atoms with E-state index in [9.17, 15) is 14.4 Å². The van der Waals surface area contributed by atoms with Crippen LogP contribution >= 0.6 is 12.4 Å². The number of carbonyl (C=O) groups is 3. The lowest BCUT2D eigenvalue weighted by Gasteiger charge is -2.14. The molecule has 0 aliphatic carbocycles. The molecule has 0 saturated heterocycles. The zero-order chi connectivity index (χ0) is 18.1. The number of benzene rings is 1. The van der Waals surface area contributed by atoms with Crippen molar-refractivity contribution in [2.45, 2.75) is 32.7 Å². The summed E-state index contributed by atoms with van der Waals surface area (Å²) in [5.74, 6) is -0.597. The number of nitrogens with two attached hydrogens (primary N) is 1. The van der Waals surface area contributed by atoms with Gasteiger partial charge in [0, 0.05) is 17.8 Å². The Morgan fingerprint density at radius 3 is 2.28 bits per heavy atom. The molecule has 1 rings (SSSR count). The Labute approximate surface area is 154 Å². The molecule has 0 heterocycles. The van der Waals surface area contributed by atoms with Gasteiger partial charge in [-0.1, -0.05) is 13.8 Å². The van der Waals surface area contributed by atoms with E-state index in [0.29, 0.717) is 23.6 Å². The number of amides is 2. The molecule has 0 fully saturated rings. The second kappa shape index (κ2) is 11.4. The molecule has 1 atom stereocenters. The van der Waals surface area contributed by atoms with Gasteiger partial charge in [-0.05, 0) is 36.6 Å². The van der Waals surface area contributed by atoms with E-state index in [1.54, 1.807) is 24.3 Å². The minimum absolute atomic E-state index is 0. The molecule has 1 aromatic carbocycles. The number of carbonyl (C=O) groups excluding carboxylic acids is 3. The topological polar surface area (TPSA) is 111 Å². The SMILES string of the molecule is COC(=O)CCNC(=O)c1ccc(NC(=O)[C@@H](N)CC(C)C)cc1.Cl. The van der Waals surface area contributed by atoms with Gasteiger partial charge in [-0.3, -0.25) is 14.4 Å². The molecule has 1 aromatic rings. The first-order valence-electron chi connectivity index (χ1n) is 7.85. The van der Waals surface area contributed by atoms with E-state index >= 15 is 0 Å². The first kappa shape index (κ1) is 22.9. The molecule has 25 heavy (non-hydrogen) atoms. The lowest BCUT2D eigenvalue weighted by Crippen LogP contribution is -2.36. The van der Waals surface area contributed by atoms with Crippen molar-refractivity contribution in [1.82, 2.24) is 5.32 Å². The van der Waals surface area contributed by atoms with Crippen LogP contribution in [0.25, 0.3) is 0 Å². The lowest BCUT2D eigenvalue weighted by molar-refractivity contribution is -0.140. The standard InChI is InChI=1S/C17H25N3O4.ClH/c1-11(2)10-14(18)17(23)20-13-6-4-12(5-7-13)16(22)19-9-8-15(21)24-3;/h4-7,11,14H,8-10,18H2,1-3H3,(H,19,22)(H,20,23);1H/t14-;/m0./s1. The summed E-state index contributed by atoms with van der Waals surface area (Å²) in [6.07, 6.45) is 0.719. The maximum atomic E-state index is 11.9. The van der Waals surface area contributed by atoms with E-state index in [0.717, 1.165) is 0 Å². The minimum atomic E-state index is -0.564. The maximum absolute atomic E-state index is 11.9. The first-order chi connectivity index (χ1) is 11.3. The number of anilines is 1. The van der Waals surface area contributed by atoms with Crippen molar-refractivity contribution in [3.63, 3.8) is 0 Å². The second-order valence-corrected chi connectivity index (χ2v) is 5.88. The molecule has 0 bridgehead atoms. The van der Waals surface area contributed by atoms with E-state index in [2.05, 4.69) is 15.4 Å². The molecule has 0 spiro atoms. The predicted octanol–water partition coefficient (Wildman–Crippen LogP) is 1.71. The summed E-state index contributed by atoms with van der Waals surface area (Å²) in [4.78, 5) is 34.8. The number of hydrogen-bond acceptors (Lipinski definition) is 5. The fourth-order valence-corrected chi connectivity index (χ4v) is 2.04. The van der Waals surface area contributed by atoms with E-state index in [-0.39, 0.29) is 43.2 Å². The van der Waals surface area contributed by atoms with Gasteiger partial charge < -0.3 is 21.1 Å². The zero-order valence-corrected chi connectivity index (χ0v) is 15.5. The first-order valence-corrected chi connectivity index (χ1v) is 7.85. The van der Waals surface area contributed by atoms with Crippen LogP contribution in [0.15, 0.2) is 24.3 Å². The van der Waals surface area contributed by atoms with Crippen molar-refractivity contribution in [1.29, 1.82) is 0 Å². The third kappa shape index (κ3) is 8.51. The molecule has 0 aliphatic rings. The highest BCUT2D eigenvalue weighted by Crippen LogP contribution is 2.11. The average Bonchev–Trinajstić information content (AvgIpc) is 2.54. The Morgan fingerprint density at radius 1 is 1.16 bits per heavy atom. The van der Waals surface area contributed by atoms with Crippen molar-refractivity contribution in [3.8, 4) is 0 Å². The Hall–Kier alpha value is -2.12. The van der Waals surface area contributed by atoms with Gasteiger partial charge in [-0.2, -0.15) is 0 Å². The van der Waals surface area contributed by atoms with Crippen molar-refractivity contribution in [3.05, 3.63) is 29.8 Å². The zero-order valence-electron chi connectivity index (χ0n) is 14.7. The maximum Gasteiger partial charge on any atom is 0.307 e. The fourth-order valence-electron chi connectivity index (χ4n) is 2.04. The smallest absolute Gasteiger partial charge is 0.307 e. The van der Waals surface area contributed by atoms with Gasteiger partial charge in [0.1, 0.15) is 0 Å². The quantitative estimate of drug-likeness (QED) is 0.602. The van der Waals surface area contributed by atoms with Crippen LogP contribution in [0, 0.1) is 5.92 Å². The molecular weight excluding hydrogens is 346 g/mol. The molecule has 0 aliphatic heterocycles. The third-order valence-corrected chi connectivity index (χ3v) is 3.32. The van der Waals surface area contributed by atoms with Crippen molar-refractivity contribution in [2.24, 2.45) is 11.7 Å². The summed E-state index contributed by atoms with van der Waals surface area (Å²) in [6, 6.07) is 5.89. The van der Waals surface area contributed by atoms with Gasteiger partial charge >= 0.3 is 5.97 Å². The Bertz CT molecular complexity index is 576. The van der Waals surface area contributed by atoms with Gasteiger partial charge in [-0.25, -0.2) is 0 Å². The molecule has 0 radical (unpaired) electrons. The van der Waals surface area contributed by atoms with Crippen molar-refractivity contribution >= 4 is 35.9 Å². The highest BCUT2D eigenvalue weighted by Gasteiger charge is 2.15. The third-order valence-electron chi connectivity index (χ3n) is 3.32. The highest BCUT2D eigenvalue weighted by molar-refractivity contribution is 5.97. The van der Waals surface area contributed by atoms with E-state index < -0.39 is 6.04 Å². The van der Waals surface area contributed by atoms with Gasteiger partial charge in [-0.15, -0.1) is 12.4 Å². The Balaban J connectivity index is 0.00000576. The van der Waals surface area contributed by atoms with E-state index in [1.807, 2.05) is 13.8 Å². The lowest BCUT2D eigenvalue weighted by atomic mass is 10.0. The molecule has 0 saturated carbocycles. The number of hydrogen-bond donors (Lipinski definition) is 3. The number of esters is 1. The molecular formula is C17H26ClN3O4. The van der Waals surface area contributed by atoms with E-state index in [1.165, 1.54) is 7.11 Å². The molecule has 0 unspecified atom stereocenters. The summed E-state index contributed by atoms with van der Waals surface area (Å²) in [6.45, 7) is 4.20. The molecule has 8 heteroatoms. The number of nitrogens with one attached hydrogen (secondary N) is 2. The van der Waals surface area contributed by atoms with Crippen LogP contribution in [0.4, 0.5) is 5.69 Å². The minimum Gasteiger partial charge on any atom is -0.469 e. The number of halogens is 1. The fraction of sp³-hybridized carbons (Fsp3) is 0.471.